The number of methoxy groups -OCH3 is 1. The minimum absolute atomic E-state index is 0.235. The van der Waals surface area contributed by atoms with Crippen LogP contribution in [0.1, 0.15) is 144 Å². The van der Waals surface area contributed by atoms with Gasteiger partial charge in [0.2, 0.25) is 0 Å². The van der Waals surface area contributed by atoms with Crippen LogP contribution < -0.4 is 0 Å². The van der Waals surface area contributed by atoms with Crippen LogP contribution >= 0.6 is 0 Å². The molecule has 39 heavy (non-hydrogen) atoms. The summed E-state index contributed by atoms with van der Waals surface area (Å²) >= 11 is 0. The van der Waals surface area contributed by atoms with Gasteiger partial charge in [-0.3, -0.25) is 4.90 Å². The fourth-order valence-corrected chi connectivity index (χ4v) is 5.59. The van der Waals surface area contributed by atoms with Gasteiger partial charge in [0, 0.05) is 7.11 Å². The van der Waals surface area contributed by atoms with E-state index in [1.807, 2.05) is 20.8 Å². The summed E-state index contributed by atoms with van der Waals surface area (Å²) in [4.78, 5) is 14.0. The first-order chi connectivity index (χ1) is 18.7. The predicted molar refractivity (Wildman–Crippen MR) is 159 cm³/mol. The second-order valence-corrected chi connectivity index (χ2v) is 12.7. The quantitative estimate of drug-likeness (QED) is 0.0993. The summed E-state index contributed by atoms with van der Waals surface area (Å²) in [5.74, 6) is 0.596. The number of rotatable bonds is 23. The van der Waals surface area contributed by atoms with Crippen molar-refractivity contribution >= 4 is 6.09 Å². The lowest BCUT2D eigenvalue weighted by Crippen LogP contribution is -2.71. The van der Waals surface area contributed by atoms with E-state index in [0.717, 1.165) is 32.1 Å². The van der Waals surface area contributed by atoms with Gasteiger partial charge in [0.15, 0.2) is 0 Å². The third-order valence-electron chi connectivity index (χ3n) is 8.21. The molecule has 1 saturated heterocycles. The van der Waals surface area contributed by atoms with E-state index in [1.165, 1.54) is 77.0 Å². The van der Waals surface area contributed by atoms with Gasteiger partial charge in [-0.1, -0.05) is 110 Å². The number of nitrogens with zero attached hydrogens (tertiary/aromatic N) is 1. The van der Waals surface area contributed by atoms with Crippen LogP contribution in [0.15, 0.2) is 0 Å². The minimum Gasteiger partial charge on any atom is -0.444 e. The molecule has 1 heterocycles. The van der Waals surface area contributed by atoms with Crippen LogP contribution in [-0.4, -0.2) is 71.6 Å². The Labute approximate surface area is 240 Å². The Morgan fingerprint density at radius 3 is 1.77 bits per heavy atom. The van der Waals surface area contributed by atoms with Crippen LogP contribution in [0.3, 0.4) is 0 Å². The lowest BCUT2D eigenvalue weighted by Gasteiger charge is -2.51. The first kappa shape index (κ1) is 36.1. The Morgan fingerprint density at radius 2 is 1.33 bits per heavy atom. The van der Waals surface area contributed by atoms with Gasteiger partial charge in [-0.2, -0.15) is 0 Å². The summed E-state index contributed by atoms with van der Waals surface area (Å²) in [6, 6.07) is -0.785. The van der Waals surface area contributed by atoms with Crippen LogP contribution in [0.25, 0.3) is 0 Å². The molecule has 1 fully saturated rings. The SMILES string of the molecule is CC[C@@H](C)[C@@H](CCCCCCCCCCCCCCCC[C@H]1[C@@H](O)[C@H](CO)N1C(=O)OC(C)(C)C)OCOC. The molecular weight excluding hydrogens is 494 g/mol. The maximum atomic E-state index is 12.5. The highest BCUT2D eigenvalue weighted by molar-refractivity contribution is 5.70. The fourth-order valence-electron chi connectivity index (χ4n) is 5.59. The van der Waals surface area contributed by atoms with Crippen LogP contribution in [0.2, 0.25) is 0 Å². The standard InChI is InChI=1S/C32H63NO6/c1-7-26(2)29(38-25-37-6)23-21-19-17-15-13-11-9-8-10-12-14-16-18-20-22-27-30(35)28(24-34)33(27)31(36)39-32(3,4)5/h26-30,34-35H,7-25H2,1-6H3/t26-,27+,28+,29-,30-/m1/s1. The molecule has 0 aromatic carbocycles. The van der Waals surface area contributed by atoms with Crippen molar-refractivity contribution < 1.29 is 29.2 Å². The molecule has 7 heteroatoms. The predicted octanol–water partition coefficient (Wildman–Crippen LogP) is 7.60. The van der Waals surface area contributed by atoms with E-state index < -0.39 is 23.8 Å². The second kappa shape index (κ2) is 20.9. The molecule has 5 atom stereocenters. The van der Waals surface area contributed by atoms with Crippen molar-refractivity contribution in [3.63, 3.8) is 0 Å². The molecule has 1 rings (SSSR count). The third kappa shape index (κ3) is 15.1. The van der Waals surface area contributed by atoms with Crippen molar-refractivity contribution in [2.45, 2.75) is 174 Å². The monoisotopic (exact) mass is 557 g/mol. The van der Waals surface area contributed by atoms with Crippen molar-refractivity contribution in [3.05, 3.63) is 0 Å². The number of likely N-dealkylation sites (tertiary alicyclic amines) is 1. The minimum atomic E-state index is -0.662. The molecular formula is C32H63NO6. The van der Waals surface area contributed by atoms with E-state index in [1.54, 1.807) is 12.0 Å². The Hall–Kier alpha value is -0.890. The summed E-state index contributed by atoms with van der Waals surface area (Å²) in [5, 5.41) is 19.9. The Bertz CT molecular complexity index is 610. The third-order valence-corrected chi connectivity index (χ3v) is 8.21. The van der Waals surface area contributed by atoms with E-state index in [-0.39, 0.29) is 12.6 Å². The fraction of sp³-hybridized carbons (Fsp3) is 0.969. The van der Waals surface area contributed by atoms with Gasteiger partial charge in [0.1, 0.15) is 12.4 Å². The van der Waals surface area contributed by atoms with Gasteiger partial charge >= 0.3 is 6.09 Å². The largest absolute Gasteiger partial charge is 0.444 e. The summed E-state index contributed by atoms with van der Waals surface area (Å²) in [7, 11) is 1.69. The molecule has 0 unspecified atom stereocenters. The van der Waals surface area contributed by atoms with Crippen molar-refractivity contribution in [1.82, 2.24) is 4.90 Å². The first-order valence-corrected chi connectivity index (χ1v) is 16.1. The Kier molecular flexibility index (Phi) is 19.4. The van der Waals surface area contributed by atoms with Crippen LogP contribution in [0.5, 0.6) is 0 Å². The molecule has 7 nitrogen and oxygen atoms in total. The number of aliphatic hydroxyl groups is 2. The molecule has 0 radical (unpaired) electrons. The number of aliphatic hydroxyl groups excluding tert-OH is 2. The molecule has 0 aromatic heterocycles. The Balaban J connectivity index is 1.97. The lowest BCUT2D eigenvalue weighted by molar-refractivity contribution is -0.131. The van der Waals surface area contributed by atoms with Crippen LogP contribution in [0.4, 0.5) is 4.79 Å². The average molecular weight is 558 g/mol. The van der Waals surface area contributed by atoms with Crippen molar-refractivity contribution in [1.29, 1.82) is 0 Å². The van der Waals surface area contributed by atoms with Gasteiger partial charge < -0.3 is 24.4 Å². The van der Waals surface area contributed by atoms with Gasteiger partial charge in [-0.05, 0) is 39.5 Å². The van der Waals surface area contributed by atoms with Gasteiger partial charge in [0.05, 0.1) is 30.9 Å². The highest BCUT2D eigenvalue weighted by Crippen LogP contribution is 2.32. The van der Waals surface area contributed by atoms with E-state index in [4.69, 9.17) is 14.2 Å². The number of ether oxygens (including phenoxy) is 3. The lowest BCUT2D eigenvalue weighted by atomic mass is 9.86. The van der Waals surface area contributed by atoms with E-state index >= 15 is 0 Å². The first-order valence-electron chi connectivity index (χ1n) is 16.1. The van der Waals surface area contributed by atoms with Crippen LogP contribution in [-0.2, 0) is 14.2 Å². The van der Waals surface area contributed by atoms with Crippen molar-refractivity contribution in [2.75, 3.05) is 20.5 Å². The zero-order chi connectivity index (χ0) is 29.1. The topological polar surface area (TPSA) is 88.5 Å². The van der Waals surface area contributed by atoms with E-state index in [2.05, 4.69) is 13.8 Å². The molecule has 0 bridgehead atoms. The van der Waals surface area contributed by atoms with Crippen molar-refractivity contribution in [3.8, 4) is 0 Å². The molecule has 1 aliphatic rings. The van der Waals surface area contributed by atoms with Crippen molar-refractivity contribution in [2.24, 2.45) is 5.92 Å². The zero-order valence-corrected chi connectivity index (χ0v) is 26.3. The maximum Gasteiger partial charge on any atom is 0.411 e. The number of hydrogen-bond donors (Lipinski definition) is 2. The molecule has 232 valence electrons. The molecule has 0 aromatic rings. The Morgan fingerprint density at radius 1 is 0.846 bits per heavy atom. The molecule has 2 N–H and O–H groups in total. The van der Waals surface area contributed by atoms with Gasteiger partial charge in [-0.25, -0.2) is 4.79 Å². The summed E-state index contributed by atoms with van der Waals surface area (Å²) < 4.78 is 16.4. The second-order valence-electron chi connectivity index (χ2n) is 12.7. The van der Waals surface area contributed by atoms with E-state index in [9.17, 15) is 15.0 Å². The summed E-state index contributed by atoms with van der Waals surface area (Å²) in [6.45, 7) is 10.2. The molecule has 1 aliphatic heterocycles. The van der Waals surface area contributed by atoms with Gasteiger partial charge in [0.25, 0.3) is 0 Å². The van der Waals surface area contributed by atoms with E-state index in [0.29, 0.717) is 18.8 Å². The summed E-state index contributed by atoms with van der Waals surface area (Å²) in [5.41, 5.74) is -0.584. The molecule has 1 amide bonds. The normalized spacial score (nSPS) is 21.0. The average Bonchev–Trinajstić information content (AvgIpc) is 2.88. The van der Waals surface area contributed by atoms with Crippen LogP contribution in [0, 0.1) is 5.92 Å². The molecule has 0 spiro atoms. The zero-order valence-electron chi connectivity index (χ0n) is 26.3. The molecule has 0 aliphatic carbocycles. The number of carbonyl (C=O) groups excluding carboxylic acids is 1. The highest BCUT2D eigenvalue weighted by atomic mass is 16.7. The van der Waals surface area contributed by atoms with Gasteiger partial charge in [-0.15, -0.1) is 0 Å². The molecule has 0 saturated carbocycles. The summed E-state index contributed by atoms with van der Waals surface area (Å²) in [6.07, 6.45) is 20.2. The number of hydrogen-bond acceptors (Lipinski definition) is 6. The smallest absolute Gasteiger partial charge is 0.411 e. The number of amides is 1. The number of unbranched alkanes of at least 4 members (excludes halogenated alkanes) is 13. The maximum absolute atomic E-state index is 12.5. The number of carbonyl (C=O) groups is 1. The highest BCUT2D eigenvalue weighted by Gasteiger charge is 2.50.